The topological polar surface area (TPSA) is 77.8 Å². The maximum Gasteiger partial charge on any atom is 0.200 e. The molecule has 0 bridgehead atoms. The Kier molecular flexibility index (Phi) is 7.63. The molecule has 25 heavy (non-hydrogen) atoms. The van der Waals surface area contributed by atoms with Crippen LogP contribution in [0.5, 0.6) is 0 Å². The molecule has 3 unspecified atom stereocenters. The molecule has 142 valence electrons. The van der Waals surface area contributed by atoms with Crippen molar-refractivity contribution in [1.29, 1.82) is 0 Å². The zero-order valence-corrected chi connectivity index (χ0v) is 16.5. The lowest BCUT2D eigenvalue weighted by Crippen LogP contribution is -2.47. The monoisotopic (exact) mass is 350 g/mol. The van der Waals surface area contributed by atoms with Gasteiger partial charge in [0.2, 0.25) is 5.78 Å². The molecule has 4 nitrogen and oxygen atoms in total. The maximum atomic E-state index is 12.9. The Morgan fingerprint density at radius 1 is 1.28 bits per heavy atom. The third-order valence-electron chi connectivity index (χ3n) is 4.98. The standard InChI is InChI=1S/C21H34O4/c1-7-15(6)18(22)17-12-16(9-8-13(2)3)19(23)21(25,20(17)24)11-10-14(4)5/h8,12,14-15,18,22-23,25H,7,9-11H2,1-6H3. The molecule has 0 fully saturated rings. The van der Waals surface area contributed by atoms with Gasteiger partial charge in [-0.1, -0.05) is 45.8 Å². The van der Waals surface area contributed by atoms with Crippen molar-refractivity contribution in [2.45, 2.75) is 78.9 Å². The Balaban J connectivity index is 3.36. The molecule has 0 aromatic heterocycles. The average Bonchev–Trinajstić information content (AvgIpc) is 2.56. The largest absolute Gasteiger partial charge is 0.508 e. The van der Waals surface area contributed by atoms with Crippen LogP contribution < -0.4 is 0 Å². The Morgan fingerprint density at radius 2 is 1.88 bits per heavy atom. The van der Waals surface area contributed by atoms with E-state index in [9.17, 15) is 20.1 Å². The summed E-state index contributed by atoms with van der Waals surface area (Å²) in [6.45, 7) is 11.7. The van der Waals surface area contributed by atoms with E-state index in [1.165, 1.54) is 0 Å². The van der Waals surface area contributed by atoms with E-state index in [4.69, 9.17) is 0 Å². The van der Waals surface area contributed by atoms with E-state index in [0.717, 1.165) is 12.0 Å². The number of aliphatic hydroxyl groups excluding tert-OH is 2. The van der Waals surface area contributed by atoms with Gasteiger partial charge in [0.1, 0.15) is 5.76 Å². The molecule has 0 aromatic carbocycles. The van der Waals surface area contributed by atoms with E-state index in [2.05, 4.69) is 0 Å². The zero-order chi connectivity index (χ0) is 19.4. The summed E-state index contributed by atoms with van der Waals surface area (Å²) in [5, 5.41) is 32.3. The van der Waals surface area contributed by atoms with Crippen LogP contribution in [-0.4, -0.2) is 32.8 Å². The van der Waals surface area contributed by atoms with E-state index in [1.54, 1.807) is 6.08 Å². The summed E-state index contributed by atoms with van der Waals surface area (Å²) in [6, 6.07) is 0. The molecular formula is C21H34O4. The number of hydrogen-bond donors (Lipinski definition) is 3. The van der Waals surface area contributed by atoms with Crippen LogP contribution >= 0.6 is 0 Å². The second kappa shape index (κ2) is 8.81. The Bertz CT molecular complexity index is 579. The second-order valence-electron chi connectivity index (χ2n) is 7.91. The lowest BCUT2D eigenvalue weighted by molar-refractivity contribution is -0.135. The Morgan fingerprint density at radius 3 is 2.36 bits per heavy atom. The molecule has 0 radical (unpaired) electrons. The fourth-order valence-corrected chi connectivity index (χ4v) is 2.88. The quantitative estimate of drug-likeness (QED) is 0.572. The van der Waals surface area contributed by atoms with Gasteiger partial charge in [0.25, 0.3) is 0 Å². The first-order valence-corrected chi connectivity index (χ1v) is 9.27. The van der Waals surface area contributed by atoms with Crippen LogP contribution in [0.25, 0.3) is 0 Å². The predicted molar refractivity (Wildman–Crippen MR) is 101 cm³/mol. The third-order valence-corrected chi connectivity index (χ3v) is 4.98. The summed E-state index contributed by atoms with van der Waals surface area (Å²) < 4.78 is 0. The molecule has 3 N–H and O–H groups in total. The van der Waals surface area contributed by atoms with E-state index in [0.29, 0.717) is 24.3 Å². The van der Waals surface area contributed by atoms with Gasteiger partial charge in [0, 0.05) is 5.57 Å². The summed E-state index contributed by atoms with van der Waals surface area (Å²) in [5.41, 5.74) is -0.145. The van der Waals surface area contributed by atoms with Crippen LogP contribution in [-0.2, 0) is 4.79 Å². The van der Waals surface area contributed by atoms with Crippen molar-refractivity contribution in [1.82, 2.24) is 0 Å². The minimum atomic E-state index is -1.94. The number of allylic oxidation sites excluding steroid dienone is 4. The number of Topliss-reactive ketones (excluding diaryl/α,β-unsaturated/α-hetero) is 1. The van der Waals surface area contributed by atoms with E-state index >= 15 is 0 Å². The first-order valence-electron chi connectivity index (χ1n) is 9.27. The van der Waals surface area contributed by atoms with E-state index in [-0.39, 0.29) is 23.7 Å². The fourth-order valence-electron chi connectivity index (χ4n) is 2.88. The maximum absolute atomic E-state index is 12.9. The van der Waals surface area contributed by atoms with Crippen LogP contribution in [0.15, 0.2) is 34.6 Å². The minimum Gasteiger partial charge on any atom is -0.508 e. The fraction of sp³-hybridized carbons (Fsp3) is 0.667. The molecule has 4 heteroatoms. The highest BCUT2D eigenvalue weighted by molar-refractivity contribution is 6.06. The van der Waals surface area contributed by atoms with Gasteiger partial charge >= 0.3 is 0 Å². The van der Waals surface area contributed by atoms with Crippen molar-refractivity contribution in [3.8, 4) is 0 Å². The van der Waals surface area contributed by atoms with Crippen LogP contribution in [0.1, 0.15) is 67.2 Å². The van der Waals surface area contributed by atoms with Crippen molar-refractivity contribution in [3.05, 3.63) is 34.6 Å². The van der Waals surface area contributed by atoms with E-state index in [1.807, 2.05) is 47.6 Å². The van der Waals surface area contributed by atoms with Gasteiger partial charge in [-0.2, -0.15) is 0 Å². The van der Waals surface area contributed by atoms with Gasteiger partial charge in [0.15, 0.2) is 5.60 Å². The highest BCUT2D eigenvalue weighted by atomic mass is 16.3. The van der Waals surface area contributed by atoms with Crippen LogP contribution in [0.2, 0.25) is 0 Å². The summed E-state index contributed by atoms with van der Waals surface area (Å²) >= 11 is 0. The second-order valence-corrected chi connectivity index (χ2v) is 7.91. The van der Waals surface area contributed by atoms with Gasteiger partial charge in [-0.25, -0.2) is 0 Å². The first-order chi connectivity index (χ1) is 11.5. The van der Waals surface area contributed by atoms with Crippen molar-refractivity contribution in [3.63, 3.8) is 0 Å². The van der Waals surface area contributed by atoms with Crippen molar-refractivity contribution >= 4 is 5.78 Å². The number of carbonyl (C=O) groups excluding carboxylic acids is 1. The molecule has 0 saturated carbocycles. The number of rotatable bonds is 8. The molecule has 1 aliphatic rings. The lowest BCUT2D eigenvalue weighted by Gasteiger charge is -2.34. The Labute approximate surface area is 152 Å². The molecule has 1 aliphatic carbocycles. The van der Waals surface area contributed by atoms with Crippen molar-refractivity contribution < 1.29 is 20.1 Å². The van der Waals surface area contributed by atoms with Gasteiger partial charge < -0.3 is 15.3 Å². The highest BCUT2D eigenvalue weighted by Gasteiger charge is 2.47. The normalized spacial score (nSPS) is 23.6. The number of ketones is 1. The van der Waals surface area contributed by atoms with Gasteiger partial charge in [0.05, 0.1) is 6.10 Å². The first kappa shape index (κ1) is 21.7. The minimum absolute atomic E-state index is 0.102. The van der Waals surface area contributed by atoms with E-state index < -0.39 is 17.5 Å². The summed E-state index contributed by atoms with van der Waals surface area (Å²) in [5.74, 6) is -0.649. The van der Waals surface area contributed by atoms with Crippen LogP contribution in [0, 0.1) is 11.8 Å². The number of aliphatic hydroxyl groups is 3. The number of carbonyl (C=O) groups is 1. The molecule has 1 rings (SSSR count). The summed E-state index contributed by atoms with van der Waals surface area (Å²) in [4.78, 5) is 12.9. The molecule has 0 spiro atoms. The van der Waals surface area contributed by atoms with Crippen LogP contribution in [0.4, 0.5) is 0 Å². The molecule has 0 amide bonds. The molecular weight excluding hydrogens is 316 g/mol. The Hall–Kier alpha value is -1.39. The predicted octanol–water partition coefficient (Wildman–Crippen LogP) is 4.24. The van der Waals surface area contributed by atoms with Gasteiger partial charge in [-0.05, 0) is 56.6 Å². The molecule has 0 aliphatic heterocycles. The van der Waals surface area contributed by atoms with Crippen molar-refractivity contribution in [2.24, 2.45) is 11.8 Å². The van der Waals surface area contributed by atoms with Crippen LogP contribution in [0.3, 0.4) is 0 Å². The smallest absolute Gasteiger partial charge is 0.200 e. The summed E-state index contributed by atoms with van der Waals surface area (Å²) in [7, 11) is 0. The lowest BCUT2D eigenvalue weighted by atomic mass is 9.75. The van der Waals surface area contributed by atoms with Crippen molar-refractivity contribution in [2.75, 3.05) is 0 Å². The highest BCUT2D eigenvalue weighted by Crippen LogP contribution is 2.37. The third kappa shape index (κ3) is 5.05. The molecule has 3 atom stereocenters. The van der Waals surface area contributed by atoms with Gasteiger partial charge in [-0.15, -0.1) is 0 Å². The number of hydrogen-bond acceptors (Lipinski definition) is 4. The molecule has 0 aromatic rings. The molecule has 0 saturated heterocycles. The van der Waals surface area contributed by atoms with Gasteiger partial charge in [-0.3, -0.25) is 4.79 Å². The zero-order valence-electron chi connectivity index (χ0n) is 16.5. The average molecular weight is 350 g/mol. The SMILES string of the molecule is CCC(C)C(O)C1=CC(CC=C(C)C)=C(O)C(O)(CCC(C)C)C1=O. The molecule has 0 heterocycles. The summed E-state index contributed by atoms with van der Waals surface area (Å²) in [6.07, 6.45) is 4.45.